The summed E-state index contributed by atoms with van der Waals surface area (Å²) in [5.41, 5.74) is 1.28. The fraction of sp³-hybridized carbons (Fsp3) is 0.214. The number of hydrogen-bond donors (Lipinski definition) is 1. The number of rotatable bonds is 5. The SMILES string of the molecule is O=C(NCCCn1ccnc1)c1cccn2ccnc12. The molecule has 0 radical (unpaired) electrons. The molecule has 0 aromatic carbocycles. The predicted octanol–water partition coefficient (Wildman–Crippen LogP) is 1.35. The number of carbonyl (C=O) groups is 1. The minimum atomic E-state index is -0.0903. The van der Waals surface area contributed by atoms with Crippen LogP contribution in [-0.4, -0.2) is 31.4 Å². The summed E-state index contributed by atoms with van der Waals surface area (Å²) in [6, 6.07) is 3.63. The molecule has 6 nitrogen and oxygen atoms in total. The third kappa shape index (κ3) is 2.54. The van der Waals surface area contributed by atoms with Crippen molar-refractivity contribution >= 4 is 11.6 Å². The zero-order valence-corrected chi connectivity index (χ0v) is 10.9. The Labute approximate surface area is 116 Å². The number of hydrogen-bond acceptors (Lipinski definition) is 3. The van der Waals surface area contributed by atoms with E-state index < -0.39 is 0 Å². The van der Waals surface area contributed by atoms with Crippen LogP contribution in [-0.2, 0) is 6.54 Å². The van der Waals surface area contributed by atoms with Crippen molar-refractivity contribution in [3.05, 3.63) is 55.0 Å². The fourth-order valence-corrected chi connectivity index (χ4v) is 2.10. The van der Waals surface area contributed by atoms with Gasteiger partial charge in [0, 0.05) is 44.1 Å². The lowest BCUT2D eigenvalue weighted by atomic mass is 10.2. The van der Waals surface area contributed by atoms with E-state index in [1.54, 1.807) is 24.8 Å². The maximum Gasteiger partial charge on any atom is 0.255 e. The van der Waals surface area contributed by atoms with Crippen molar-refractivity contribution in [1.29, 1.82) is 0 Å². The van der Waals surface area contributed by atoms with Gasteiger partial charge in [0.1, 0.15) is 5.65 Å². The van der Waals surface area contributed by atoms with Crippen LogP contribution in [0.15, 0.2) is 49.4 Å². The zero-order chi connectivity index (χ0) is 13.8. The summed E-state index contributed by atoms with van der Waals surface area (Å²) in [6.07, 6.45) is 11.7. The molecular formula is C14H15N5O. The molecule has 102 valence electrons. The number of nitrogens with zero attached hydrogens (tertiary/aromatic N) is 4. The first-order chi connectivity index (χ1) is 9.84. The van der Waals surface area contributed by atoms with E-state index >= 15 is 0 Å². The molecule has 0 saturated carbocycles. The molecule has 3 heterocycles. The van der Waals surface area contributed by atoms with E-state index in [2.05, 4.69) is 15.3 Å². The topological polar surface area (TPSA) is 64.2 Å². The third-order valence-electron chi connectivity index (χ3n) is 3.10. The van der Waals surface area contributed by atoms with Gasteiger partial charge in [-0.1, -0.05) is 0 Å². The van der Waals surface area contributed by atoms with E-state index in [1.165, 1.54) is 0 Å². The third-order valence-corrected chi connectivity index (χ3v) is 3.10. The van der Waals surface area contributed by atoms with Gasteiger partial charge in [0.05, 0.1) is 11.9 Å². The molecule has 0 unspecified atom stereocenters. The van der Waals surface area contributed by atoms with Crippen LogP contribution >= 0.6 is 0 Å². The van der Waals surface area contributed by atoms with E-state index in [9.17, 15) is 4.79 Å². The average Bonchev–Trinajstić information content (AvgIpc) is 3.13. The highest BCUT2D eigenvalue weighted by molar-refractivity contribution is 5.99. The van der Waals surface area contributed by atoms with E-state index in [1.807, 2.05) is 33.6 Å². The number of aryl methyl sites for hydroxylation is 1. The molecule has 3 aromatic heterocycles. The quantitative estimate of drug-likeness (QED) is 0.711. The Kier molecular flexibility index (Phi) is 3.45. The van der Waals surface area contributed by atoms with Crippen LogP contribution in [0.25, 0.3) is 5.65 Å². The van der Waals surface area contributed by atoms with Crippen LogP contribution in [0.3, 0.4) is 0 Å². The molecule has 6 heteroatoms. The van der Waals surface area contributed by atoms with Crippen molar-refractivity contribution in [2.75, 3.05) is 6.54 Å². The van der Waals surface area contributed by atoms with E-state index in [0.29, 0.717) is 17.8 Å². The number of carbonyl (C=O) groups excluding carboxylic acids is 1. The smallest absolute Gasteiger partial charge is 0.255 e. The maximum absolute atomic E-state index is 12.1. The Balaban J connectivity index is 1.58. The van der Waals surface area contributed by atoms with Crippen LogP contribution in [0.2, 0.25) is 0 Å². The highest BCUT2D eigenvalue weighted by Gasteiger charge is 2.10. The largest absolute Gasteiger partial charge is 0.352 e. The lowest BCUT2D eigenvalue weighted by Gasteiger charge is -2.06. The maximum atomic E-state index is 12.1. The van der Waals surface area contributed by atoms with Crippen molar-refractivity contribution in [2.45, 2.75) is 13.0 Å². The normalized spacial score (nSPS) is 10.8. The van der Waals surface area contributed by atoms with Gasteiger partial charge in [-0.2, -0.15) is 0 Å². The molecule has 0 aliphatic rings. The number of fused-ring (bicyclic) bond motifs is 1. The van der Waals surface area contributed by atoms with E-state index in [-0.39, 0.29) is 5.91 Å². The summed E-state index contributed by atoms with van der Waals surface area (Å²) in [5.74, 6) is -0.0903. The lowest BCUT2D eigenvalue weighted by molar-refractivity contribution is 0.0954. The van der Waals surface area contributed by atoms with Crippen LogP contribution in [0, 0.1) is 0 Å². The minimum absolute atomic E-state index is 0.0903. The summed E-state index contributed by atoms with van der Waals surface area (Å²) in [4.78, 5) is 20.3. The Bertz CT molecular complexity index is 701. The highest BCUT2D eigenvalue weighted by atomic mass is 16.1. The molecule has 0 fully saturated rings. The van der Waals surface area contributed by atoms with Gasteiger partial charge in [-0.25, -0.2) is 9.97 Å². The van der Waals surface area contributed by atoms with Gasteiger partial charge in [-0.3, -0.25) is 4.79 Å². The molecular weight excluding hydrogens is 254 g/mol. The molecule has 3 rings (SSSR count). The van der Waals surface area contributed by atoms with Crippen molar-refractivity contribution in [3.63, 3.8) is 0 Å². The number of aromatic nitrogens is 4. The second-order valence-corrected chi connectivity index (χ2v) is 4.49. The molecule has 1 amide bonds. The second kappa shape index (κ2) is 5.56. The van der Waals surface area contributed by atoms with Crippen molar-refractivity contribution in [2.24, 2.45) is 0 Å². The molecule has 0 spiro atoms. The molecule has 0 saturated heterocycles. The van der Waals surface area contributed by atoms with Gasteiger partial charge in [-0.05, 0) is 18.6 Å². The average molecular weight is 269 g/mol. The van der Waals surface area contributed by atoms with E-state index in [0.717, 1.165) is 13.0 Å². The summed E-state index contributed by atoms with van der Waals surface area (Å²) in [5, 5.41) is 2.92. The number of pyridine rings is 1. The molecule has 3 aromatic rings. The highest BCUT2D eigenvalue weighted by Crippen LogP contribution is 2.08. The van der Waals surface area contributed by atoms with Crippen molar-refractivity contribution < 1.29 is 4.79 Å². The van der Waals surface area contributed by atoms with Gasteiger partial charge in [0.25, 0.3) is 5.91 Å². The van der Waals surface area contributed by atoms with Crippen LogP contribution < -0.4 is 5.32 Å². The van der Waals surface area contributed by atoms with E-state index in [4.69, 9.17) is 0 Å². The molecule has 1 N–H and O–H groups in total. The number of imidazole rings is 2. The second-order valence-electron chi connectivity index (χ2n) is 4.49. The summed E-state index contributed by atoms with van der Waals surface area (Å²) in [7, 11) is 0. The monoisotopic (exact) mass is 269 g/mol. The minimum Gasteiger partial charge on any atom is -0.352 e. The Morgan fingerprint density at radius 1 is 1.25 bits per heavy atom. The Morgan fingerprint density at radius 3 is 3.05 bits per heavy atom. The molecule has 20 heavy (non-hydrogen) atoms. The van der Waals surface area contributed by atoms with Gasteiger partial charge in [-0.15, -0.1) is 0 Å². The molecule has 0 aliphatic carbocycles. The standard InChI is InChI=1S/C14H15N5O/c20-14(17-4-2-7-18-9-5-15-11-18)12-3-1-8-19-10-6-16-13(12)19/h1,3,5-6,8-11H,2,4,7H2,(H,17,20). The summed E-state index contributed by atoms with van der Waals surface area (Å²) in [6.45, 7) is 1.46. The molecule has 0 bridgehead atoms. The van der Waals surface area contributed by atoms with Gasteiger partial charge in [0.15, 0.2) is 0 Å². The molecule has 0 aliphatic heterocycles. The molecule has 0 atom stereocenters. The number of amides is 1. The van der Waals surface area contributed by atoms with Crippen LogP contribution in [0.5, 0.6) is 0 Å². The predicted molar refractivity (Wildman–Crippen MR) is 74.4 cm³/mol. The first-order valence-corrected chi connectivity index (χ1v) is 6.50. The van der Waals surface area contributed by atoms with Crippen LogP contribution in [0.1, 0.15) is 16.8 Å². The van der Waals surface area contributed by atoms with Gasteiger partial charge < -0.3 is 14.3 Å². The first-order valence-electron chi connectivity index (χ1n) is 6.50. The lowest BCUT2D eigenvalue weighted by Crippen LogP contribution is -2.25. The summed E-state index contributed by atoms with van der Waals surface area (Å²) >= 11 is 0. The van der Waals surface area contributed by atoms with Crippen LogP contribution in [0.4, 0.5) is 0 Å². The zero-order valence-electron chi connectivity index (χ0n) is 10.9. The Morgan fingerprint density at radius 2 is 2.20 bits per heavy atom. The first kappa shape index (κ1) is 12.4. The van der Waals surface area contributed by atoms with Gasteiger partial charge >= 0.3 is 0 Å². The van der Waals surface area contributed by atoms with Gasteiger partial charge in [0.2, 0.25) is 0 Å². The summed E-state index contributed by atoms with van der Waals surface area (Å²) < 4.78 is 3.82. The van der Waals surface area contributed by atoms with Crippen molar-refractivity contribution in [3.8, 4) is 0 Å². The Hall–Kier alpha value is -2.63. The van der Waals surface area contributed by atoms with Crippen molar-refractivity contribution in [1.82, 2.24) is 24.3 Å². The number of nitrogens with one attached hydrogen (secondary N) is 1. The fourth-order valence-electron chi connectivity index (χ4n) is 2.10.